The maximum Gasteiger partial charge on any atom is 0.431 e. The Balaban J connectivity index is 0.000000830. The maximum atomic E-state index is 12.9. The summed E-state index contributed by atoms with van der Waals surface area (Å²) in [4.78, 5) is 76.1. The summed E-state index contributed by atoms with van der Waals surface area (Å²) in [6, 6.07) is 3.91. The van der Waals surface area contributed by atoms with Gasteiger partial charge in [0.05, 0.1) is 54.0 Å². The van der Waals surface area contributed by atoms with Crippen LogP contribution >= 0.6 is 30.8 Å². The molecule has 0 saturated carbocycles. The minimum absolute atomic E-state index is 0.0104. The van der Waals surface area contributed by atoms with Crippen LogP contribution in [0.1, 0.15) is 43.7 Å². The van der Waals surface area contributed by atoms with Crippen molar-refractivity contribution in [2.45, 2.75) is 40.0 Å². The van der Waals surface area contributed by atoms with Crippen LogP contribution in [0.15, 0.2) is 33.9 Å². The van der Waals surface area contributed by atoms with Gasteiger partial charge in [0.2, 0.25) is 17.2 Å². The molecule has 2 aromatic heterocycles. The van der Waals surface area contributed by atoms with Crippen molar-refractivity contribution in [1.29, 1.82) is 0 Å². The Bertz CT molecular complexity index is 1800. The van der Waals surface area contributed by atoms with Crippen LogP contribution in [-0.2, 0) is 38.2 Å². The molecule has 3 aromatic rings. The van der Waals surface area contributed by atoms with Crippen molar-refractivity contribution in [3.8, 4) is 5.69 Å². The van der Waals surface area contributed by atoms with E-state index >= 15 is 0 Å². The lowest BCUT2D eigenvalue weighted by atomic mass is 10.2. The van der Waals surface area contributed by atoms with Crippen molar-refractivity contribution in [2.75, 3.05) is 55.3 Å². The number of anilines is 2. The summed E-state index contributed by atoms with van der Waals surface area (Å²) in [6.07, 6.45) is 0.571. The van der Waals surface area contributed by atoms with E-state index in [1.54, 1.807) is 13.8 Å². The number of benzene rings is 1. The lowest BCUT2D eigenvalue weighted by Crippen LogP contribution is -2.40. The topological polar surface area (TPSA) is 243 Å². The predicted octanol–water partition coefficient (Wildman–Crippen LogP) is 2.82. The molecule has 3 rings (SSSR count). The Morgan fingerprint density at radius 1 is 1.04 bits per heavy atom. The maximum absolute atomic E-state index is 12.9. The number of carboxylic acids is 1. The number of halogens is 5. The summed E-state index contributed by atoms with van der Waals surface area (Å²) in [5, 5.41) is 16.1. The Kier molecular flexibility index (Phi) is 21.5. The quantitative estimate of drug-likeness (QED) is 0.106. The fraction of sp³-hybridized carbons (Fsp3) is 0.483. The van der Waals surface area contributed by atoms with E-state index in [-0.39, 0.29) is 21.6 Å². The van der Waals surface area contributed by atoms with E-state index in [1.807, 2.05) is 19.2 Å². The van der Waals surface area contributed by atoms with Crippen LogP contribution in [0.25, 0.3) is 5.69 Å². The Morgan fingerprint density at radius 3 is 1.96 bits per heavy atom. The number of rotatable bonds is 11. The van der Waals surface area contributed by atoms with Crippen LogP contribution in [0.3, 0.4) is 0 Å². The van der Waals surface area contributed by atoms with Crippen LogP contribution in [0.4, 0.5) is 25.1 Å². The zero-order valence-electron chi connectivity index (χ0n) is 29.9. The van der Waals surface area contributed by atoms with Crippen LogP contribution in [0.2, 0.25) is 10.3 Å². The van der Waals surface area contributed by atoms with Crippen molar-refractivity contribution < 1.29 is 47.0 Å². The van der Waals surface area contributed by atoms with Gasteiger partial charge in [-0.25, -0.2) is 14.2 Å². The van der Waals surface area contributed by atoms with E-state index in [9.17, 15) is 41.8 Å². The van der Waals surface area contributed by atoms with Gasteiger partial charge in [-0.05, 0) is 68.4 Å². The van der Waals surface area contributed by atoms with Gasteiger partial charge in [0.25, 0.3) is 5.56 Å². The van der Waals surface area contributed by atoms with Gasteiger partial charge < -0.3 is 34.8 Å². The fourth-order valence-electron chi connectivity index (χ4n) is 3.35. The van der Waals surface area contributed by atoms with Crippen molar-refractivity contribution in [1.82, 2.24) is 29.4 Å². The standard InChI is InChI=1S/C16H14ClF3N2O4.C7H12ClN5.C3H8NO5P.C3H9S/c1-8(2)26-14(24)10-6-9(4-5-11(10)17)22-13(23)7-12(16(18,19)20)21(3)15(22)25;1-3-9-6-11-5(8)12-7(13-6)10-4-2;5-3(6)1-4-2-10(7,8)9;1-4(2)3/h4-8H,1-3H3;3-4H2,1-2H3,(H2,9,10,11,12,13);4H,1-2H2,(H,5,6)(H2,7,8,9);1-3H3/q;;;+1/p-1. The highest BCUT2D eigenvalue weighted by atomic mass is 35.5. The second-order valence-electron chi connectivity index (χ2n) is 10.8. The number of carbonyl (C=O) groups excluding carboxylic acids is 1. The first-order valence-electron chi connectivity index (χ1n) is 15.1. The van der Waals surface area contributed by atoms with Crippen LogP contribution in [-0.4, -0.2) is 96.8 Å². The molecule has 0 bridgehead atoms. The first-order chi connectivity index (χ1) is 24.3. The van der Waals surface area contributed by atoms with Crippen LogP contribution < -0.4 is 32.1 Å². The van der Waals surface area contributed by atoms with Crippen molar-refractivity contribution in [3.05, 3.63) is 66.7 Å². The van der Waals surface area contributed by atoms with Crippen molar-refractivity contribution >= 4 is 65.5 Å². The van der Waals surface area contributed by atoms with Crippen molar-refractivity contribution in [3.63, 3.8) is 0 Å². The molecule has 0 spiro atoms. The average Bonchev–Trinajstić information content (AvgIpc) is 2.98. The van der Waals surface area contributed by atoms with E-state index in [0.29, 0.717) is 38.0 Å². The van der Waals surface area contributed by atoms with E-state index in [4.69, 9.17) is 37.9 Å². The number of nitrogens with zero attached hydrogens (tertiary/aromatic N) is 5. The van der Waals surface area contributed by atoms with E-state index < -0.39 is 61.6 Å². The molecule has 0 aliphatic carbocycles. The first-order valence-corrected chi connectivity index (χ1v) is 20.1. The summed E-state index contributed by atoms with van der Waals surface area (Å²) in [5.74, 6) is -0.964. The summed E-state index contributed by atoms with van der Waals surface area (Å²) >= 11 is 11.6. The van der Waals surface area contributed by atoms with E-state index in [2.05, 4.69) is 44.4 Å². The van der Waals surface area contributed by atoms with Gasteiger partial charge in [-0.1, -0.05) is 11.6 Å². The number of aliphatic carboxylic acids is 1. The molecule has 0 saturated heterocycles. The molecule has 53 heavy (non-hydrogen) atoms. The largest absolute Gasteiger partial charge is 0.778 e. The Hall–Kier alpha value is -3.72. The van der Waals surface area contributed by atoms with E-state index in [0.717, 1.165) is 26.2 Å². The highest BCUT2D eigenvalue weighted by Gasteiger charge is 2.35. The lowest BCUT2D eigenvalue weighted by Gasteiger charge is -2.15. The smallest absolute Gasteiger partial charge is 0.431 e. The fourth-order valence-corrected chi connectivity index (χ4v) is 4.10. The third-order valence-electron chi connectivity index (χ3n) is 5.25. The molecule has 17 nitrogen and oxygen atoms in total. The highest BCUT2D eigenvalue weighted by molar-refractivity contribution is 7.94. The van der Waals surface area contributed by atoms with Gasteiger partial charge in [-0.15, -0.1) is 0 Å². The summed E-state index contributed by atoms with van der Waals surface area (Å²) < 4.78 is 54.5. The molecule has 1 atom stereocenters. The molecule has 0 aliphatic rings. The highest BCUT2D eigenvalue weighted by Crippen LogP contribution is 2.27. The first kappa shape index (κ1) is 49.3. The third-order valence-corrected chi connectivity index (χ3v) is 6.37. The zero-order chi connectivity index (χ0) is 41.3. The number of carboxylic acid groups (broad SMARTS) is 1. The molecule has 24 heteroatoms. The summed E-state index contributed by atoms with van der Waals surface area (Å²) in [6.45, 7) is 8.19. The SMILES string of the molecule is CC(C)OC(=O)c1cc(-n2c(=O)cc(C(F)(F)F)n(C)c2=O)ccc1Cl.CCNc1nc(Cl)nc(NCC)n1.C[S+](C)C.O=C(O)CNCP(=O)([O-])O. The number of nitrogens with one attached hydrogen (secondary N) is 3. The van der Waals surface area contributed by atoms with Gasteiger partial charge >= 0.3 is 23.8 Å². The molecule has 1 aromatic carbocycles. The number of hydrogen-bond acceptors (Lipinski definition) is 13. The Labute approximate surface area is 315 Å². The van der Waals surface area contributed by atoms with Gasteiger partial charge in [-0.3, -0.25) is 19.5 Å². The van der Waals surface area contributed by atoms with E-state index in [1.165, 1.54) is 12.1 Å². The van der Waals surface area contributed by atoms with Crippen LogP contribution in [0, 0.1) is 0 Å². The second kappa shape index (κ2) is 23.1. The number of aromatic nitrogens is 5. The predicted molar refractivity (Wildman–Crippen MR) is 196 cm³/mol. The molecule has 0 radical (unpaired) electrons. The van der Waals surface area contributed by atoms with Gasteiger partial charge in [-0.2, -0.15) is 28.1 Å². The summed E-state index contributed by atoms with van der Waals surface area (Å²) in [7, 11) is -2.81. The zero-order valence-corrected chi connectivity index (χ0v) is 33.2. The molecule has 0 aliphatic heterocycles. The molecule has 1 unspecified atom stereocenters. The average molecular weight is 838 g/mol. The molecule has 2 heterocycles. The number of esters is 1. The summed E-state index contributed by atoms with van der Waals surface area (Å²) in [5.41, 5.74) is -4.01. The second-order valence-corrected chi connectivity index (χ2v) is 15.6. The molecule has 5 N–H and O–H groups in total. The molecular formula is C29H42Cl2F3N8O9PS. The number of ether oxygens (including phenoxy) is 1. The van der Waals surface area contributed by atoms with Gasteiger partial charge in [0.15, 0.2) is 0 Å². The van der Waals surface area contributed by atoms with Crippen molar-refractivity contribution in [2.24, 2.45) is 7.05 Å². The number of carbonyl (C=O) groups is 2. The minimum Gasteiger partial charge on any atom is -0.778 e. The van der Waals surface area contributed by atoms with Gasteiger partial charge in [0.1, 0.15) is 13.3 Å². The molecule has 298 valence electrons. The van der Waals surface area contributed by atoms with Crippen LogP contribution in [0.5, 0.6) is 0 Å². The van der Waals surface area contributed by atoms with Gasteiger partial charge in [0, 0.05) is 26.2 Å². The number of alkyl halides is 3. The lowest BCUT2D eigenvalue weighted by molar-refractivity contribution is -0.193. The monoisotopic (exact) mass is 836 g/mol. The number of hydrogen-bond donors (Lipinski definition) is 5. The minimum atomic E-state index is -4.86. The molecule has 0 fully saturated rings. The molecular weight excluding hydrogens is 795 g/mol. The normalized spacial score (nSPS) is 11.9. The third kappa shape index (κ3) is 19.8. The Morgan fingerprint density at radius 2 is 1.55 bits per heavy atom. The molecule has 0 amide bonds.